The Morgan fingerprint density at radius 3 is 2.78 bits per heavy atom. The molecule has 3 fully saturated rings. The number of allylic oxidation sites excluding steroid dienone is 1. The van der Waals surface area contributed by atoms with Gasteiger partial charge in [0.05, 0.1) is 41.4 Å². The van der Waals surface area contributed by atoms with Crippen LogP contribution < -0.4 is 0 Å². The minimum atomic E-state index is -0.845. The molecule has 2 unspecified atom stereocenters. The summed E-state index contributed by atoms with van der Waals surface area (Å²) in [5, 5.41) is 18.9. The summed E-state index contributed by atoms with van der Waals surface area (Å²) >= 11 is 1.59. The highest BCUT2D eigenvalue weighted by Crippen LogP contribution is 2.67. The molecule has 41 heavy (non-hydrogen) atoms. The van der Waals surface area contributed by atoms with Crippen LogP contribution in [0.25, 0.3) is 11.0 Å². The molecular formula is C30H39N5O5S. The van der Waals surface area contributed by atoms with Crippen LogP contribution in [0.4, 0.5) is 0 Å². The normalized spacial score (nSPS) is 27.3. The second kappa shape index (κ2) is 12.0. The number of aliphatic hydroxyl groups excluding tert-OH is 1. The van der Waals surface area contributed by atoms with Gasteiger partial charge in [-0.2, -0.15) is 0 Å². The van der Waals surface area contributed by atoms with E-state index in [1.165, 1.54) is 0 Å². The SMILES string of the molecule is C=CCCCOC(=O)[C@@H]1[C@@H]2CCC3(S2)C(C(=O)N(CC=C)Cn2nnc4ccccc42)N([C@@H](CO)C(C)C)C(=O)[C@H]13. The number of rotatable bonds is 13. The number of esters is 1. The molecule has 3 saturated heterocycles. The van der Waals surface area contributed by atoms with Gasteiger partial charge in [-0.3, -0.25) is 14.4 Å². The van der Waals surface area contributed by atoms with E-state index in [0.717, 1.165) is 23.9 Å². The lowest BCUT2D eigenvalue weighted by atomic mass is 9.71. The number of ether oxygens (including phenoxy) is 1. The Bertz CT molecular complexity index is 1330. The van der Waals surface area contributed by atoms with E-state index in [1.54, 1.807) is 38.4 Å². The van der Waals surface area contributed by atoms with Gasteiger partial charge in [0.1, 0.15) is 18.2 Å². The lowest BCUT2D eigenvalue weighted by molar-refractivity contribution is -0.155. The molecule has 2 amide bonds. The van der Waals surface area contributed by atoms with E-state index in [2.05, 4.69) is 23.5 Å². The van der Waals surface area contributed by atoms with Crippen LogP contribution in [-0.4, -0.2) is 89.5 Å². The van der Waals surface area contributed by atoms with Gasteiger partial charge < -0.3 is 19.6 Å². The highest BCUT2D eigenvalue weighted by atomic mass is 32.2. The van der Waals surface area contributed by atoms with Crippen LogP contribution in [0.2, 0.25) is 0 Å². The van der Waals surface area contributed by atoms with Crippen molar-refractivity contribution < 1.29 is 24.2 Å². The predicted octanol–water partition coefficient (Wildman–Crippen LogP) is 3.02. The molecule has 4 heterocycles. The number of hydrogen-bond acceptors (Lipinski definition) is 8. The Balaban J connectivity index is 1.51. The van der Waals surface area contributed by atoms with Crippen LogP contribution in [0, 0.1) is 17.8 Å². The summed E-state index contributed by atoms with van der Waals surface area (Å²) < 4.78 is 6.54. The minimum absolute atomic E-state index is 0.0907. The number of carbonyl (C=O) groups is 3. The molecule has 3 aliphatic rings. The van der Waals surface area contributed by atoms with Gasteiger partial charge in [-0.25, -0.2) is 4.68 Å². The summed E-state index contributed by atoms with van der Waals surface area (Å²) in [6, 6.07) is 6.11. The van der Waals surface area contributed by atoms with Gasteiger partial charge in [0.15, 0.2) is 0 Å². The maximum absolute atomic E-state index is 14.6. The van der Waals surface area contributed by atoms with E-state index in [-0.39, 0.29) is 55.4 Å². The molecule has 3 aliphatic heterocycles. The number of thioether (sulfide) groups is 1. The number of amides is 2. The smallest absolute Gasteiger partial charge is 0.310 e. The predicted molar refractivity (Wildman–Crippen MR) is 156 cm³/mol. The number of nitrogens with zero attached hydrogens (tertiary/aromatic N) is 5. The number of para-hydroxylation sites is 1. The van der Waals surface area contributed by atoms with Crippen molar-refractivity contribution in [1.29, 1.82) is 0 Å². The fraction of sp³-hybridized carbons (Fsp3) is 0.567. The molecule has 220 valence electrons. The first-order valence-electron chi connectivity index (χ1n) is 14.3. The summed E-state index contributed by atoms with van der Waals surface area (Å²) in [6.45, 7) is 11.8. The van der Waals surface area contributed by atoms with Crippen LogP contribution in [-0.2, 0) is 25.8 Å². The number of carbonyl (C=O) groups excluding carboxylic acids is 3. The molecule has 11 heteroatoms. The first-order valence-corrected chi connectivity index (χ1v) is 15.2. The molecule has 0 saturated carbocycles. The van der Waals surface area contributed by atoms with Crippen molar-refractivity contribution in [2.24, 2.45) is 17.8 Å². The third-order valence-electron chi connectivity index (χ3n) is 8.74. The Morgan fingerprint density at radius 1 is 1.29 bits per heavy atom. The fourth-order valence-electron chi connectivity index (χ4n) is 6.84. The van der Waals surface area contributed by atoms with E-state index in [0.29, 0.717) is 12.8 Å². The lowest BCUT2D eigenvalue weighted by Gasteiger charge is -2.40. The minimum Gasteiger partial charge on any atom is -0.465 e. The number of aromatic nitrogens is 3. The lowest BCUT2D eigenvalue weighted by Crippen LogP contribution is -2.58. The first-order chi connectivity index (χ1) is 19.8. The monoisotopic (exact) mass is 581 g/mol. The second-order valence-corrected chi connectivity index (χ2v) is 13.1. The van der Waals surface area contributed by atoms with E-state index >= 15 is 0 Å². The zero-order valence-corrected chi connectivity index (χ0v) is 24.5. The number of aliphatic hydroxyl groups is 1. The summed E-state index contributed by atoms with van der Waals surface area (Å²) in [5.41, 5.74) is 1.50. The molecule has 2 bridgehead atoms. The molecule has 2 aromatic rings. The molecule has 1 aromatic carbocycles. The summed E-state index contributed by atoms with van der Waals surface area (Å²) in [4.78, 5) is 45.6. The molecule has 0 radical (unpaired) electrons. The van der Waals surface area contributed by atoms with Crippen molar-refractivity contribution in [3.8, 4) is 0 Å². The third kappa shape index (κ3) is 4.97. The zero-order valence-electron chi connectivity index (χ0n) is 23.7. The quantitative estimate of drug-likeness (QED) is 0.218. The zero-order chi connectivity index (χ0) is 29.3. The Morgan fingerprint density at radius 2 is 2.07 bits per heavy atom. The number of likely N-dealkylation sites (tertiary alicyclic amines) is 1. The maximum atomic E-state index is 14.6. The topological polar surface area (TPSA) is 118 Å². The van der Waals surface area contributed by atoms with Crippen molar-refractivity contribution >= 4 is 40.6 Å². The van der Waals surface area contributed by atoms with Crippen LogP contribution >= 0.6 is 11.8 Å². The summed E-state index contributed by atoms with van der Waals surface area (Å²) in [6.07, 6.45) is 6.20. The molecule has 5 rings (SSSR count). The number of fused-ring (bicyclic) bond motifs is 2. The van der Waals surface area contributed by atoms with Gasteiger partial charge in [-0.05, 0) is 43.7 Å². The van der Waals surface area contributed by atoms with Crippen LogP contribution in [0.5, 0.6) is 0 Å². The van der Waals surface area contributed by atoms with Gasteiger partial charge in [0.2, 0.25) is 11.8 Å². The number of unbranched alkanes of at least 4 members (excludes halogenated alkanes) is 1. The van der Waals surface area contributed by atoms with Crippen molar-refractivity contribution in [3.63, 3.8) is 0 Å². The maximum Gasteiger partial charge on any atom is 0.310 e. The van der Waals surface area contributed by atoms with Crippen LogP contribution in [0.15, 0.2) is 49.6 Å². The molecule has 6 atom stereocenters. The second-order valence-electron chi connectivity index (χ2n) is 11.5. The van der Waals surface area contributed by atoms with Gasteiger partial charge in [0, 0.05) is 11.8 Å². The highest BCUT2D eigenvalue weighted by Gasteiger charge is 2.75. The Hall–Kier alpha value is -3.18. The van der Waals surface area contributed by atoms with Crippen LogP contribution in [0.3, 0.4) is 0 Å². The van der Waals surface area contributed by atoms with Crippen molar-refractivity contribution in [2.75, 3.05) is 19.8 Å². The number of benzene rings is 1. The average Bonchev–Trinajstić information content (AvgIpc) is 3.71. The van der Waals surface area contributed by atoms with E-state index in [1.807, 2.05) is 38.1 Å². The fourth-order valence-corrected chi connectivity index (χ4v) is 9.03. The molecule has 0 aliphatic carbocycles. The Labute approximate surface area is 244 Å². The summed E-state index contributed by atoms with van der Waals surface area (Å²) in [7, 11) is 0. The van der Waals surface area contributed by atoms with Crippen molar-refractivity contribution in [1.82, 2.24) is 24.8 Å². The van der Waals surface area contributed by atoms with Gasteiger partial charge in [-0.1, -0.05) is 43.3 Å². The van der Waals surface area contributed by atoms with Gasteiger partial charge in [-0.15, -0.1) is 30.0 Å². The third-order valence-corrected chi connectivity index (χ3v) is 10.7. The van der Waals surface area contributed by atoms with Crippen LogP contribution in [0.1, 0.15) is 39.5 Å². The van der Waals surface area contributed by atoms with E-state index < -0.39 is 28.7 Å². The van der Waals surface area contributed by atoms with Crippen molar-refractivity contribution in [2.45, 2.75) is 68.3 Å². The van der Waals surface area contributed by atoms with Gasteiger partial charge in [0.25, 0.3) is 0 Å². The van der Waals surface area contributed by atoms with E-state index in [4.69, 9.17) is 4.74 Å². The molecule has 1 N–H and O–H groups in total. The molecule has 1 spiro atoms. The molecule has 10 nitrogen and oxygen atoms in total. The van der Waals surface area contributed by atoms with E-state index in [9.17, 15) is 19.5 Å². The first kappa shape index (κ1) is 29.3. The molecule has 1 aromatic heterocycles. The van der Waals surface area contributed by atoms with Gasteiger partial charge >= 0.3 is 5.97 Å². The standard InChI is InChI=1S/C30H39N5O5S/c1-5-7-10-16-40-29(39)24-23-13-14-30(41-23)25(24)27(37)35(22(17-36)19(3)4)26(30)28(38)33(15-6-2)18-34-21-12-9-8-11-20(21)31-32-34/h5-6,8-9,11-12,19,22-26,36H,1-2,7,10,13-18H2,3-4H3/t22-,23-,24+,25-,26?,30?/m0/s1. The van der Waals surface area contributed by atoms with Crippen molar-refractivity contribution in [3.05, 3.63) is 49.6 Å². The highest BCUT2D eigenvalue weighted by molar-refractivity contribution is 8.02. The average molecular weight is 582 g/mol. The Kier molecular flexibility index (Phi) is 8.56. The largest absolute Gasteiger partial charge is 0.465 e. The summed E-state index contributed by atoms with van der Waals surface area (Å²) in [5.74, 6) is -2.27. The number of hydrogen-bond donors (Lipinski definition) is 1. The molecular weight excluding hydrogens is 542 g/mol.